The van der Waals surface area contributed by atoms with Crippen LogP contribution in [0.5, 0.6) is 0 Å². The van der Waals surface area contributed by atoms with Gasteiger partial charge < -0.3 is 9.64 Å². The molecule has 0 spiro atoms. The third-order valence-electron chi connectivity index (χ3n) is 4.31. The van der Waals surface area contributed by atoms with Gasteiger partial charge in [-0.15, -0.1) is 0 Å². The van der Waals surface area contributed by atoms with Crippen molar-refractivity contribution in [1.29, 1.82) is 0 Å². The highest BCUT2D eigenvalue weighted by molar-refractivity contribution is 6.01. The molecule has 1 aromatic heterocycles. The first-order valence-corrected chi connectivity index (χ1v) is 9.12. The maximum atomic E-state index is 13.0. The summed E-state index contributed by atoms with van der Waals surface area (Å²) >= 11 is 0. The lowest BCUT2D eigenvalue weighted by Crippen LogP contribution is -2.33. The number of hydrogen-bond acceptors (Lipinski definition) is 4. The fourth-order valence-corrected chi connectivity index (χ4v) is 2.85. The Balaban J connectivity index is 1.99. The van der Waals surface area contributed by atoms with Crippen LogP contribution in [0.25, 0.3) is 16.9 Å². The predicted molar refractivity (Wildman–Crippen MR) is 107 cm³/mol. The van der Waals surface area contributed by atoms with Crippen LogP contribution >= 0.6 is 0 Å². The van der Waals surface area contributed by atoms with E-state index in [1.165, 1.54) is 4.90 Å². The minimum absolute atomic E-state index is 0.114. The summed E-state index contributed by atoms with van der Waals surface area (Å²) in [5, 5.41) is 4.65. The molecule has 6 nitrogen and oxygen atoms in total. The maximum Gasteiger partial charge on any atom is 0.325 e. The van der Waals surface area contributed by atoms with Crippen LogP contribution in [0.3, 0.4) is 0 Å². The highest BCUT2D eigenvalue weighted by Crippen LogP contribution is 2.24. The molecule has 3 rings (SSSR count). The number of likely N-dealkylation sites (N-methyl/N-ethyl adjacent to an activating group) is 1. The van der Waals surface area contributed by atoms with Crippen LogP contribution in [-0.4, -0.2) is 46.8 Å². The van der Waals surface area contributed by atoms with Gasteiger partial charge >= 0.3 is 5.97 Å². The first-order chi connectivity index (χ1) is 13.5. The van der Waals surface area contributed by atoms with E-state index in [2.05, 4.69) is 5.10 Å². The van der Waals surface area contributed by atoms with Gasteiger partial charge in [-0.3, -0.25) is 9.59 Å². The van der Waals surface area contributed by atoms with E-state index in [0.717, 1.165) is 16.8 Å². The molecule has 6 heteroatoms. The molecule has 1 heterocycles. The Morgan fingerprint density at radius 1 is 1.07 bits per heavy atom. The van der Waals surface area contributed by atoms with E-state index in [9.17, 15) is 9.59 Å². The Labute approximate surface area is 164 Å². The van der Waals surface area contributed by atoms with E-state index in [1.54, 1.807) is 24.9 Å². The molecule has 0 atom stereocenters. The minimum atomic E-state index is -0.439. The molecule has 28 heavy (non-hydrogen) atoms. The van der Waals surface area contributed by atoms with Crippen molar-refractivity contribution in [3.05, 3.63) is 71.9 Å². The standard InChI is InChI=1S/C22H23N3O3/c1-4-28-20(26)15-24(3)22(27)19-14-25(18-12-10-16(2)11-13-18)23-21(19)17-8-6-5-7-9-17/h5-14H,4,15H2,1-3H3. The SMILES string of the molecule is CCOC(=O)CN(C)C(=O)c1cn(-c2ccc(C)cc2)nc1-c1ccccc1. The first-order valence-electron chi connectivity index (χ1n) is 9.12. The van der Waals surface area contributed by atoms with Crippen molar-refractivity contribution in [1.82, 2.24) is 14.7 Å². The average molecular weight is 377 g/mol. The van der Waals surface area contributed by atoms with Crippen LogP contribution in [0.4, 0.5) is 0 Å². The summed E-state index contributed by atoms with van der Waals surface area (Å²) in [4.78, 5) is 26.2. The van der Waals surface area contributed by atoms with Crippen molar-refractivity contribution in [2.45, 2.75) is 13.8 Å². The van der Waals surface area contributed by atoms with Crippen LogP contribution < -0.4 is 0 Å². The summed E-state index contributed by atoms with van der Waals surface area (Å²) in [6.45, 7) is 3.92. The van der Waals surface area contributed by atoms with E-state index in [-0.39, 0.29) is 19.1 Å². The number of amides is 1. The maximum absolute atomic E-state index is 13.0. The van der Waals surface area contributed by atoms with Crippen LogP contribution in [0.1, 0.15) is 22.8 Å². The van der Waals surface area contributed by atoms with Gasteiger partial charge in [0.2, 0.25) is 0 Å². The van der Waals surface area contributed by atoms with E-state index in [1.807, 2.05) is 61.5 Å². The molecule has 0 fully saturated rings. The molecule has 0 aliphatic heterocycles. The van der Waals surface area contributed by atoms with Gasteiger partial charge in [0.15, 0.2) is 0 Å². The van der Waals surface area contributed by atoms with Crippen LogP contribution in [0.2, 0.25) is 0 Å². The molecule has 0 saturated heterocycles. The van der Waals surface area contributed by atoms with Gasteiger partial charge in [-0.05, 0) is 26.0 Å². The Morgan fingerprint density at radius 3 is 2.39 bits per heavy atom. The summed E-state index contributed by atoms with van der Waals surface area (Å²) in [7, 11) is 1.58. The van der Waals surface area contributed by atoms with Gasteiger partial charge in [-0.1, -0.05) is 48.0 Å². The fourth-order valence-electron chi connectivity index (χ4n) is 2.85. The second-order valence-electron chi connectivity index (χ2n) is 6.50. The molecule has 144 valence electrons. The Bertz CT molecular complexity index is 962. The van der Waals surface area contributed by atoms with Crippen molar-refractivity contribution in [2.75, 3.05) is 20.2 Å². The lowest BCUT2D eigenvalue weighted by atomic mass is 10.1. The second kappa shape index (κ2) is 8.52. The molecule has 0 radical (unpaired) electrons. The van der Waals surface area contributed by atoms with E-state index >= 15 is 0 Å². The van der Waals surface area contributed by atoms with Gasteiger partial charge in [0.25, 0.3) is 5.91 Å². The molecule has 0 N–H and O–H groups in total. The van der Waals surface area contributed by atoms with Crippen LogP contribution in [0, 0.1) is 6.92 Å². The molecule has 0 aliphatic rings. The smallest absolute Gasteiger partial charge is 0.325 e. The number of carbonyl (C=O) groups is 2. The van der Waals surface area contributed by atoms with Gasteiger partial charge in [0.05, 0.1) is 17.9 Å². The van der Waals surface area contributed by atoms with E-state index < -0.39 is 5.97 Å². The third kappa shape index (κ3) is 4.28. The molecule has 0 saturated carbocycles. The monoisotopic (exact) mass is 377 g/mol. The number of aromatic nitrogens is 2. The molecule has 0 unspecified atom stereocenters. The number of nitrogens with zero attached hydrogens (tertiary/aromatic N) is 3. The number of aryl methyl sites for hydroxylation is 1. The van der Waals surface area contributed by atoms with Crippen LogP contribution in [-0.2, 0) is 9.53 Å². The third-order valence-corrected chi connectivity index (χ3v) is 4.31. The second-order valence-corrected chi connectivity index (χ2v) is 6.50. The summed E-state index contributed by atoms with van der Waals surface area (Å²) in [6, 6.07) is 17.4. The first kappa shape index (κ1) is 19.4. The highest BCUT2D eigenvalue weighted by atomic mass is 16.5. The largest absolute Gasteiger partial charge is 0.465 e. The van der Waals surface area contributed by atoms with Crippen molar-refractivity contribution in [3.8, 4) is 16.9 Å². The van der Waals surface area contributed by atoms with Crippen LogP contribution in [0.15, 0.2) is 60.8 Å². The van der Waals surface area contributed by atoms with Gasteiger partial charge in [-0.25, -0.2) is 4.68 Å². The zero-order valence-electron chi connectivity index (χ0n) is 16.3. The summed E-state index contributed by atoms with van der Waals surface area (Å²) in [5.74, 6) is -0.726. The molecule has 0 bridgehead atoms. The zero-order chi connectivity index (χ0) is 20.1. The minimum Gasteiger partial charge on any atom is -0.465 e. The Morgan fingerprint density at radius 2 is 1.75 bits per heavy atom. The van der Waals surface area contributed by atoms with Crippen molar-refractivity contribution >= 4 is 11.9 Å². The van der Waals surface area contributed by atoms with E-state index in [4.69, 9.17) is 4.74 Å². The van der Waals surface area contributed by atoms with Crippen molar-refractivity contribution < 1.29 is 14.3 Å². The number of benzene rings is 2. The number of hydrogen-bond donors (Lipinski definition) is 0. The summed E-state index contributed by atoms with van der Waals surface area (Å²) in [6.07, 6.45) is 1.71. The quantitative estimate of drug-likeness (QED) is 0.617. The molecule has 1 amide bonds. The number of carbonyl (C=O) groups excluding carboxylic acids is 2. The highest BCUT2D eigenvalue weighted by Gasteiger charge is 2.23. The molecular weight excluding hydrogens is 354 g/mol. The van der Waals surface area contributed by atoms with Crippen molar-refractivity contribution in [3.63, 3.8) is 0 Å². The summed E-state index contributed by atoms with van der Waals surface area (Å²) < 4.78 is 6.63. The fraction of sp³-hybridized carbons (Fsp3) is 0.227. The molecular formula is C22H23N3O3. The Kier molecular flexibility index (Phi) is 5.89. The van der Waals surface area contributed by atoms with Crippen molar-refractivity contribution in [2.24, 2.45) is 0 Å². The van der Waals surface area contributed by atoms with Gasteiger partial charge in [0.1, 0.15) is 12.2 Å². The molecule has 0 aliphatic carbocycles. The Hall–Kier alpha value is -3.41. The number of esters is 1. The lowest BCUT2D eigenvalue weighted by Gasteiger charge is -2.15. The lowest BCUT2D eigenvalue weighted by molar-refractivity contribution is -0.143. The molecule has 2 aromatic carbocycles. The topological polar surface area (TPSA) is 64.4 Å². The predicted octanol–water partition coefficient (Wildman–Crippen LogP) is 3.48. The number of rotatable bonds is 6. The van der Waals surface area contributed by atoms with Gasteiger partial charge in [0, 0.05) is 18.8 Å². The van der Waals surface area contributed by atoms with Gasteiger partial charge in [-0.2, -0.15) is 5.10 Å². The zero-order valence-corrected chi connectivity index (χ0v) is 16.3. The summed E-state index contributed by atoms with van der Waals surface area (Å²) in [5.41, 5.74) is 3.83. The normalized spacial score (nSPS) is 10.5. The average Bonchev–Trinajstić information content (AvgIpc) is 3.14. The van der Waals surface area contributed by atoms with E-state index in [0.29, 0.717) is 11.3 Å². The molecule has 3 aromatic rings. The number of ether oxygens (including phenoxy) is 1.